The zero-order valence-electron chi connectivity index (χ0n) is 12.2. The number of carbonyl (C=O) groups excluding carboxylic acids is 1. The van der Waals surface area contributed by atoms with Gasteiger partial charge in [-0.25, -0.2) is 9.78 Å². The average Bonchev–Trinajstić information content (AvgIpc) is 3.02. The van der Waals surface area contributed by atoms with Crippen LogP contribution in [0.4, 0.5) is 13.2 Å². The minimum atomic E-state index is -4.47. The molecule has 2 aromatic rings. The van der Waals surface area contributed by atoms with Crippen LogP contribution < -0.4 is 5.56 Å². The van der Waals surface area contributed by atoms with Crippen molar-refractivity contribution in [2.24, 2.45) is 0 Å². The Morgan fingerprint density at radius 2 is 2.17 bits per heavy atom. The first-order valence-corrected chi connectivity index (χ1v) is 7.91. The lowest BCUT2D eigenvalue weighted by Gasteiger charge is -2.09. The number of thioether (sulfide) groups is 1. The van der Waals surface area contributed by atoms with E-state index in [1.54, 1.807) is 0 Å². The number of hydrogen-bond donors (Lipinski definition) is 0. The second-order valence-electron chi connectivity index (χ2n) is 5.03. The minimum Gasteiger partial charge on any atom is -0.457 e. The van der Waals surface area contributed by atoms with Crippen LogP contribution in [0.3, 0.4) is 0 Å². The van der Waals surface area contributed by atoms with E-state index in [1.807, 2.05) is 0 Å². The summed E-state index contributed by atoms with van der Waals surface area (Å²) in [4.78, 5) is 28.2. The second-order valence-corrected chi connectivity index (χ2v) is 6.10. The molecule has 0 N–H and O–H groups in total. The fourth-order valence-electron chi connectivity index (χ4n) is 2.22. The van der Waals surface area contributed by atoms with Gasteiger partial charge in [-0.1, -0.05) is 23.9 Å². The summed E-state index contributed by atoms with van der Waals surface area (Å²) in [5.41, 5.74) is -1.37. The summed E-state index contributed by atoms with van der Waals surface area (Å²) in [6, 6.07) is 4.47. The molecule has 1 aromatic carbocycles. The van der Waals surface area contributed by atoms with Crippen LogP contribution in [-0.2, 0) is 24.1 Å². The van der Waals surface area contributed by atoms with Crippen molar-refractivity contribution in [1.82, 2.24) is 9.55 Å². The van der Waals surface area contributed by atoms with E-state index in [1.165, 1.54) is 28.5 Å². The highest BCUT2D eigenvalue weighted by Crippen LogP contribution is 2.29. The number of nitrogens with zero attached hydrogens (tertiary/aromatic N) is 2. The number of carbonyl (C=O) groups is 1. The van der Waals surface area contributed by atoms with E-state index in [0.29, 0.717) is 17.5 Å². The van der Waals surface area contributed by atoms with Crippen molar-refractivity contribution in [3.05, 3.63) is 57.5 Å². The molecule has 24 heavy (non-hydrogen) atoms. The number of aromatic nitrogens is 2. The van der Waals surface area contributed by atoms with E-state index >= 15 is 0 Å². The SMILES string of the molecule is O=C(OCc1cccc(C(F)(F)F)c1)c1cnc2n(c1=O)CCS2. The van der Waals surface area contributed by atoms with Gasteiger partial charge in [0.05, 0.1) is 11.8 Å². The van der Waals surface area contributed by atoms with Crippen LogP contribution in [0.25, 0.3) is 0 Å². The zero-order chi connectivity index (χ0) is 17.3. The van der Waals surface area contributed by atoms with Crippen LogP contribution in [0.15, 0.2) is 40.4 Å². The molecule has 3 rings (SSSR count). The third-order valence-corrected chi connectivity index (χ3v) is 4.37. The molecule has 9 heteroatoms. The van der Waals surface area contributed by atoms with Crippen LogP contribution in [0.5, 0.6) is 0 Å². The molecule has 1 aliphatic heterocycles. The molecule has 0 atom stereocenters. The van der Waals surface area contributed by atoms with E-state index in [0.717, 1.165) is 18.3 Å². The van der Waals surface area contributed by atoms with Crippen LogP contribution in [0.1, 0.15) is 21.5 Å². The van der Waals surface area contributed by atoms with Crippen LogP contribution in [-0.4, -0.2) is 21.3 Å². The predicted octanol–water partition coefficient (Wildman–Crippen LogP) is 2.72. The Morgan fingerprint density at radius 1 is 1.38 bits per heavy atom. The van der Waals surface area contributed by atoms with Crippen molar-refractivity contribution >= 4 is 17.7 Å². The molecule has 0 amide bonds. The molecule has 2 heterocycles. The summed E-state index contributed by atoms with van der Waals surface area (Å²) >= 11 is 1.41. The first-order valence-electron chi connectivity index (χ1n) is 6.92. The highest BCUT2D eigenvalue weighted by Gasteiger charge is 2.30. The maximum absolute atomic E-state index is 12.6. The van der Waals surface area contributed by atoms with E-state index in [2.05, 4.69) is 4.98 Å². The summed E-state index contributed by atoms with van der Waals surface area (Å²) in [5.74, 6) is -0.206. The van der Waals surface area contributed by atoms with Crippen LogP contribution >= 0.6 is 11.8 Å². The normalized spacial score (nSPS) is 13.6. The Bertz CT molecular complexity index is 849. The number of esters is 1. The van der Waals surface area contributed by atoms with Gasteiger partial charge < -0.3 is 4.74 Å². The fraction of sp³-hybridized carbons (Fsp3) is 0.267. The number of hydrogen-bond acceptors (Lipinski definition) is 5. The van der Waals surface area contributed by atoms with Crippen molar-refractivity contribution in [2.75, 3.05) is 5.75 Å². The largest absolute Gasteiger partial charge is 0.457 e. The maximum atomic E-state index is 12.6. The van der Waals surface area contributed by atoms with Gasteiger partial charge in [-0.05, 0) is 17.7 Å². The predicted molar refractivity (Wildman–Crippen MR) is 79.8 cm³/mol. The number of rotatable bonds is 3. The van der Waals surface area contributed by atoms with Gasteiger partial charge in [-0.3, -0.25) is 9.36 Å². The number of ether oxygens (including phenoxy) is 1. The maximum Gasteiger partial charge on any atom is 0.416 e. The molecular weight excluding hydrogens is 345 g/mol. The van der Waals surface area contributed by atoms with Crippen LogP contribution in [0.2, 0.25) is 0 Å². The van der Waals surface area contributed by atoms with Crippen molar-refractivity contribution in [1.29, 1.82) is 0 Å². The summed E-state index contributed by atoms with van der Waals surface area (Å²) in [6.07, 6.45) is -3.33. The summed E-state index contributed by atoms with van der Waals surface area (Å²) in [6.45, 7) is 0.0965. The standard InChI is InChI=1S/C15H11F3N2O3S/c16-15(17,18)10-3-1-2-9(6-10)8-23-13(22)11-7-19-14-20(12(11)21)4-5-24-14/h1-3,6-7H,4-5,8H2. The monoisotopic (exact) mass is 356 g/mol. The van der Waals surface area contributed by atoms with E-state index in [-0.39, 0.29) is 17.7 Å². The molecule has 0 unspecified atom stereocenters. The molecule has 1 aromatic heterocycles. The van der Waals surface area contributed by atoms with Crippen molar-refractivity contribution in [3.8, 4) is 0 Å². The van der Waals surface area contributed by atoms with E-state index in [4.69, 9.17) is 4.74 Å². The lowest BCUT2D eigenvalue weighted by atomic mass is 10.1. The average molecular weight is 356 g/mol. The third kappa shape index (κ3) is 3.30. The van der Waals surface area contributed by atoms with Crippen molar-refractivity contribution in [2.45, 2.75) is 24.5 Å². The molecule has 0 bridgehead atoms. The molecule has 5 nitrogen and oxygen atoms in total. The Hall–Kier alpha value is -2.29. The van der Waals surface area contributed by atoms with Crippen molar-refractivity contribution in [3.63, 3.8) is 0 Å². The third-order valence-electron chi connectivity index (χ3n) is 3.40. The Kier molecular flexibility index (Phi) is 4.35. The highest BCUT2D eigenvalue weighted by molar-refractivity contribution is 7.99. The lowest BCUT2D eigenvalue weighted by molar-refractivity contribution is -0.137. The van der Waals surface area contributed by atoms with Gasteiger partial charge in [0.25, 0.3) is 5.56 Å². The number of alkyl halides is 3. The van der Waals surface area contributed by atoms with E-state index in [9.17, 15) is 22.8 Å². The van der Waals surface area contributed by atoms with Gasteiger partial charge in [0.2, 0.25) is 0 Å². The van der Waals surface area contributed by atoms with Gasteiger partial charge in [-0.15, -0.1) is 0 Å². The van der Waals surface area contributed by atoms with Gasteiger partial charge in [0, 0.05) is 12.3 Å². The molecule has 0 radical (unpaired) electrons. The molecule has 0 aliphatic carbocycles. The minimum absolute atomic E-state index is 0.183. The first-order chi connectivity index (χ1) is 11.4. The number of fused-ring (bicyclic) bond motifs is 1. The van der Waals surface area contributed by atoms with Gasteiger partial charge >= 0.3 is 12.1 Å². The molecule has 126 valence electrons. The van der Waals surface area contributed by atoms with E-state index < -0.39 is 23.3 Å². The van der Waals surface area contributed by atoms with Gasteiger partial charge in [0.1, 0.15) is 12.2 Å². The molecule has 0 spiro atoms. The molecular formula is C15H11F3N2O3S. The lowest BCUT2D eigenvalue weighted by Crippen LogP contribution is -2.27. The molecule has 1 aliphatic rings. The summed E-state index contributed by atoms with van der Waals surface area (Å²) in [5, 5.41) is 0.537. The highest BCUT2D eigenvalue weighted by atomic mass is 32.2. The fourth-order valence-corrected chi connectivity index (χ4v) is 3.14. The Labute approximate surface area is 138 Å². The molecule has 0 fully saturated rings. The Balaban J connectivity index is 1.74. The van der Waals surface area contributed by atoms with Crippen molar-refractivity contribution < 1.29 is 22.7 Å². The first kappa shape index (κ1) is 16.6. The topological polar surface area (TPSA) is 61.2 Å². The quantitative estimate of drug-likeness (QED) is 0.625. The smallest absolute Gasteiger partial charge is 0.416 e. The van der Waals surface area contributed by atoms with Gasteiger partial charge in [-0.2, -0.15) is 13.2 Å². The number of halogens is 3. The molecule has 0 saturated heterocycles. The summed E-state index contributed by atoms with van der Waals surface area (Å²) in [7, 11) is 0. The second kappa shape index (κ2) is 6.31. The zero-order valence-corrected chi connectivity index (χ0v) is 13.0. The van der Waals surface area contributed by atoms with Gasteiger partial charge in [0.15, 0.2) is 5.16 Å². The Morgan fingerprint density at radius 3 is 2.92 bits per heavy atom. The van der Waals surface area contributed by atoms with Crippen LogP contribution in [0, 0.1) is 0 Å². The molecule has 0 saturated carbocycles. The number of benzene rings is 1. The summed E-state index contributed by atoms with van der Waals surface area (Å²) < 4.78 is 44.3.